The van der Waals surface area contributed by atoms with E-state index in [9.17, 15) is 9.59 Å². The first-order valence-electron chi connectivity index (χ1n) is 8.05. The van der Waals surface area contributed by atoms with Gasteiger partial charge < -0.3 is 9.15 Å². The van der Waals surface area contributed by atoms with E-state index in [1.165, 1.54) is 13.3 Å². The van der Waals surface area contributed by atoms with Crippen LogP contribution in [0.3, 0.4) is 0 Å². The van der Waals surface area contributed by atoms with Crippen molar-refractivity contribution in [3.63, 3.8) is 0 Å². The highest BCUT2D eigenvalue weighted by Crippen LogP contribution is 2.30. The number of ether oxygens (including phenoxy) is 1. The highest BCUT2D eigenvalue weighted by atomic mass is 79.9. The van der Waals surface area contributed by atoms with E-state index >= 15 is 0 Å². The second kappa shape index (κ2) is 8.86. The molecule has 0 unspecified atom stereocenters. The maximum atomic E-state index is 12.0. The lowest BCUT2D eigenvalue weighted by Crippen LogP contribution is -2.17. The standard InChI is InChI=1S/C20H14BrClN2O4/c1-27-20(26)13-4-8-17(22)16(10-13)18-9-7-15(28-18)11-23-24-19(25)12-2-5-14(21)6-3-12/h2-11H,1H3,(H,24,25)/b23-11-. The summed E-state index contributed by atoms with van der Waals surface area (Å²) in [5.74, 6) is 0.0494. The number of amides is 1. The van der Waals surface area contributed by atoms with Gasteiger partial charge in [0.05, 0.1) is 23.9 Å². The third-order valence-electron chi connectivity index (χ3n) is 3.74. The Morgan fingerprint density at radius 2 is 1.82 bits per heavy atom. The first-order valence-corrected chi connectivity index (χ1v) is 9.22. The Labute approximate surface area is 174 Å². The molecule has 8 heteroatoms. The van der Waals surface area contributed by atoms with Gasteiger partial charge in [-0.15, -0.1) is 0 Å². The molecule has 0 atom stereocenters. The van der Waals surface area contributed by atoms with Crippen molar-refractivity contribution in [1.29, 1.82) is 0 Å². The van der Waals surface area contributed by atoms with Crippen LogP contribution in [-0.4, -0.2) is 25.2 Å². The summed E-state index contributed by atoms with van der Waals surface area (Å²) in [5.41, 5.74) is 3.81. The van der Waals surface area contributed by atoms with Crippen LogP contribution in [0.1, 0.15) is 26.5 Å². The van der Waals surface area contributed by atoms with E-state index in [1.54, 1.807) is 54.6 Å². The highest BCUT2D eigenvalue weighted by molar-refractivity contribution is 9.10. The van der Waals surface area contributed by atoms with E-state index in [0.29, 0.717) is 33.2 Å². The molecule has 0 aliphatic heterocycles. The summed E-state index contributed by atoms with van der Waals surface area (Å²) >= 11 is 9.52. The molecular formula is C20H14BrClN2O4. The Morgan fingerprint density at radius 3 is 2.54 bits per heavy atom. The summed E-state index contributed by atoms with van der Waals surface area (Å²) in [7, 11) is 1.31. The predicted molar refractivity (Wildman–Crippen MR) is 110 cm³/mol. The summed E-state index contributed by atoms with van der Waals surface area (Å²) in [6, 6.07) is 15.0. The van der Waals surface area contributed by atoms with Crippen LogP contribution in [0, 0.1) is 0 Å². The van der Waals surface area contributed by atoms with Crippen LogP contribution < -0.4 is 5.43 Å². The third kappa shape index (κ3) is 4.68. The first-order chi connectivity index (χ1) is 13.5. The Balaban J connectivity index is 1.72. The number of halogens is 2. The molecule has 1 heterocycles. The van der Waals surface area contributed by atoms with Crippen molar-refractivity contribution in [3.05, 3.63) is 81.0 Å². The SMILES string of the molecule is COC(=O)c1ccc(Cl)c(-c2ccc(/C=N\NC(=O)c3ccc(Br)cc3)o2)c1. The van der Waals surface area contributed by atoms with Crippen molar-refractivity contribution in [2.24, 2.45) is 5.10 Å². The van der Waals surface area contributed by atoms with Crippen LogP contribution in [0.4, 0.5) is 0 Å². The van der Waals surface area contributed by atoms with Crippen LogP contribution >= 0.6 is 27.5 Å². The highest BCUT2D eigenvalue weighted by Gasteiger charge is 2.13. The van der Waals surface area contributed by atoms with E-state index in [-0.39, 0.29) is 5.91 Å². The lowest BCUT2D eigenvalue weighted by molar-refractivity contribution is 0.0600. The normalized spacial score (nSPS) is 10.8. The summed E-state index contributed by atoms with van der Waals surface area (Å²) < 4.78 is 11.3. The fraction of sp³-hybridized carbons (Fsp3) is 0.0500. The topological polar surface area (TPSA) is 80.9 Å². The summed E-state index contributed by atoms with van der Waals surface area (Å²) in [6.07, 6.45) is 1.37. The Kier molecular flexibility index (Phi) is 6.28. The van der Waals surface area contributed by atoms with Crippen LogP contribution in [-0.2, 0) is 4.74 Å². The van der Waals surface area contributed by atoms with Crippen molar-refractivity contribution in [3.8, 4) is 11.3 Å². The lowest BCUT2D eigenvalue weighted by Gasteiger charge is -2.04. The number of rotatable bonds is 5. The molecule has 28 heavy (non-hydrogen) atoms. The molecule has 0 radical (unpaired) electrons. The zero-order valence-corrected chi connectivity index (χ0v) is 17.0. The number of carbonyl (C=O) groups excluding carboxylic acids is 2. The molecule has 3 aromatic rings. The fourth-order valence-electron chi connectivity index (χ4n) is 2.35. The molecule has 0 aliphatic rings. The Bertz CT molecular complexity index is 1040. The van der Waals surface area contributed by atoms with Crippen LogP contribution in [0.15, 0.2) is 68.6 Å². The monoisotopic (exact) mass is 460 g/mol. The number of nitrogens with zero attached hydrogens (tertiary/aromatic N) is 1. The van der Waals surface area contributed by atoms with Crippen LogP contribution in [0.2, 0.25) is 5.02 Å². The smallest absolute Gasteiger partial charge is 0.337 e. The minimum atomic E-state index is -0.470. The summed E-state index contributed by atoms with van der Waals surface area (Å²) in [5, 5.41) is 4.32. The van der Waals surface area contributed by atoms with Gasteiger partial charge in [0.1, 0.15) is 11.5 Å². The minimum Gasteiger partial charge on any atom is -0.465 e. The number of hydrazone groups is 1. The summed E-state index contributed by atoms with van der Waals surface area (Å²) in [4.78, 5) is 23.7. The average molecular weight is 462 g/mol. The molecule has 6 nitrogen and oxygen atoms in total. The fourth-order valence-corrected chi connectivity index (χ4v) is 2.82. The maximum absolute atomic E-state index is 12.0. The van der Waals surface area contributed by atoms with E-state index in [1.807, 2.05) is 0 Å². The van der Waals surface area contributed by atoms with Gasteiger partial charge in [-0.25, -0.2) is 10.2 Å². The number of benzene rings is 2. The van der Waals surface area contributed by atoms with Gasteiger partial charge in [0.2, 0.25) is 0 Å². The second-order valence-electron chi connectivity index (χ2n) is 5.59. The molecule has 1 N–H and O–H groups in total. The number of hydrogen-bond donors (Lipinski definition) is 1. The molecule has 0 bridgehead atoms. The quantitative estimate of drug-likeness (QED) is 0.332. The molecule has 0 saturated carbocycles. The Morgan fingerprint density at radius 1 is 1.11 bits per heavy atom. The van der Waals surface area contributed by atoms with Gasteiger partial charge in [-0.2, -0.15) is 5.10 Å². The predicted octanol–water partition coefficient (Wildman–Crippen LogP) is 4.91. The molecule has 3 rings (SSSR count). The molecule has 2 aromatic carbocycles. The molecule has 1 aromatic heterocycles. The molecule has 0 saturated heterocycles. The van der Waals surface area contributed by atoms with Gasteiger partial charge in [-0.3, -0.25) is 4.79 Å². The molecule has 1 amide bonds. The van der Waals surface area contributed by atoms with Crippen molar-refractivity contribution in [2.75, 3.05) is 7.11 Å². The number of methoxy groups -OCH3 is 1. The van der Waals surface area contributed by atoms with Gasteiger partial charge in [-0.1, -0.05) is 27.5 Å². The van der Waals surface area contributed by atoms with E-state index < -0.39 is 5.97 Å². The summed E-state index contributed by atoms with van der Waals surface area (Å²) in [6.45, 7) is 0. The molecular weight excluding hydrogens is 448 g/mol. The van der Waals surface area contributed by atoms with Crippen molar-refractivity contribution in [1.82, 2.24) is 5.43 Å². The largest absolute Gasteiger partial charge is 0.465 e. The van der Waals surface area contributed by atoms with Crippen LogP contribution in [0.25, 0.3) is 11.3 Å². The number of furan rings is 1. The minimum absolute atomic E-state index is 0.343. The van der Waals surface area contributed by atoms with Gasteiger partial charge in [-0.05, 0) is 54.6 Å². The zero-order valence-electron chi connectivity index (χ0n) is 14.6. The number of hydrogen-bond acceptors (Lipinski definition) is 5. The van der Waals surface area contributed by atoms with Gasteiger partial charge in [0, 0.05) is 15.6 Å². The van der Waals surface area contributed by atoms with Gasteiger partial charge >= 0.3 is 5.97 Å². The number of carbonyl (C=O) groups is 2. The molecule has 0 spiro atoms. The van der Waals surface area contributed by atoms with Crippen molar-refractivity contribution in [2.45, 2.75) is 0 Å². The van der Waals surface area contributed by atoms with E-state index in [2.05, 4.69) is 26.5 Å². The molecule has 0 fully saturated rings. The zero-order chi connectivity index (χ0) is 20.1. The van der Waals surface area contributed by atoms with Crippen LogP contribution in [0.5, 0.6) is 0 Å². The average Bonchev–Trinajstić information content (AvgIpc) is 3.16. The number of esters is 1. The number of nitrogens with one attached hydrogen (secondary N) is 1. The molecule has 0 aliphatic carbocycles. The van der Waals surface area contributed by atoms with Gasteiger partial charge in [0.15, 0.2) is 0 Å². The van der Waals surface area contributed by atoms with E-state index in [4.69, 9.17) is 20.8 Å². The van der Waals surface area contributed by atoms with Crippen molar-refractivity contribution >= 4 is 45.6 Å². The van der Waals surface area contributed by atoms with E-state index in [0.717, 1.165) is 4.47 Å². The molecule has 142 valence electrons. The lowest BCUT2D eigenvalue weighted by atomic mass is 10.1. The third-order valence-corrected chi connectivity index (χ3v) is 4.60. The Hall–Kier alpha value is -2.90. The van der Waals surface area contributed by atoms with Gasteiger partial charge in [0.25, 0.3) is 5.91 Å². The first kappa shape index (κ1) is 19.9. The second-order valence-corrected chi connectivity index (χ2v) is 6.92. The van der Waals surface area contributed by atoms with Crippen molar-refractivity contribution < 1.29 is 18.7 Å². The maximum Gasteiger partial charge on any atom is 0.337 e.